The highest BCUT2D eigenvalue weighted by Gasteiger charge is 2.09. The number of carbonyl (C=O) groups is 1. The van der Waals surface area contributed by atoms with Crippen LogP contribution < -0.4 is 16.4 Å². The Morgan fingerprint density at radius 3 is 2.62 bits per heavy atom. The van der Waals surface area contributed by atoms with Crippen LogP contribution in [0.3, 0.4) is 0 Å². The molecule has 1 amide bonds. The minimum atomic E-state index is -0.0835. The molecule has 1 heterocycles. The third kappa shape index (κ3) is 3.03. The van der Waals surface area contributed by atoms with Gasteiger partial charge in [0.05, 0.1) is 11.0 Å². The summed E-state index contributed by atoms with van der Waals surface area (Å²) in [5.74, 6) is 0.730. The van der Waals surface area contributed by atoms with Crippen LogP contribution in [0.4, 0.5) is 11.6 Å². The van der Waals surface area contributed by atoms with E-state index < -0.39 is 0 Å². The second kappa shape index (κ2) is 6.62. The van der Waals surface area contributed by atoms with Crippen LogP contribution >= 0.6 is 0 Å². The van der Waals surface area contributed by atoms with E-state index in [0.29, 0.717) is 17.8 Å². The number of imidazole rings is 1. The SMILES string of the molecule is CCn1c(NCc2ccc(C(=O)NC)cc2)nc2cc(N)ccc21. The number of anilines is 2. The molecular formula is C18H21N5O. The number of carbonyl (C=O) groups excluding carboxylic acids is 1. The predicted octanol–water partition coefficient (Wildman–Crippen LogP) is 2.61. The van der Waals surface area contributed by atoms with Crippen molar-refractivity contribution in [3.63, 3.8) is 0 Å². The zero-order chi connectivity index (χ0) is 17.1. The number of nitrogen functional groups attached to an aromatic ring is 1. The van der Waals surface area contributed by atoms with E-state index in [1.54, 1.807) is 7.05 Å². The standard InChI is InChI=1S/C18H21N5O/c1-3-23-16-9-8-14(19)10-15(16)22-18(23)21-11-12-4-6-13(7-5-12)17(24)20-2/h4-10H,3,11,19H2,1-2H3,(H,20,24)(H,21,22). The van der Waals surface area contributed by atoms with Gasteiger partial charge in [-0.1, -0.05) is 12.1 Å². The molecule has 124 valence electrons. The van der Waals surface area contributed by atoms with E-state index in [1.165, 1.54) is 0 Å². The van der Waals surface area contributed by atoms with Gasteiger partial charge in [-0.3, -0.25) is 4.79 Å². The van der Waals surface area contributed by atoms with E-state index in [-0.39, 0.29) is 5.91 Å². The molecule has 0 saturated carbocycles. The van der Waals surface area contributed by atoms with Crippen molar-refractivity contribution in [2.45, 2.75) is 20.0 Å². The Balaban J connectivity index is 1.79. The fraction of sp³-hybridized carbons (Fsp3) is 0.222. The number of fused-ring (bicyclic) bond motifs is 1. The quantitative estimate of drug-likeness (QED) is 0.630. The third-order valence-electron chi connectivity index (χ3n) is 3.98. The zero-order valence-corrected chi connectivity index (χ0v) is 13.8. The number of aromatic nitrogens is 2. The van der Waals surface area contributed by atoms with Gasteiger partial charge in [0, 0.05) is 31.4 Å². The molecule has 0 unspecified atom stereocenters. The number of nitrogens with zero attached hydrogens (tertiary/aromatic N) is 2. The molecule has 0 fully saturated rings. The Morgan fingerprint density at radius 1 is 1.21 bits per heavy atom. The van der Waals surface area contributed by atoms with Gasteiger partial charge in [-0.2, -0.15) is 0 Å². The van der Waals surface area contributed by atoms with E-state index in [9.17, 15) is 4.79 Å². The van der Waals surface area contributed by atoms with Crippen molar-refractivity contribution < 1.29 is 4.79 Å². The minimum absolute atomic E-state index is 0.0835. The first-order valence-corrected chi connectivity index (χ1v) is 7.93. The monoisotopic (exact) mass is 323 g/mol. The number of benzene rings is 2. The number of hydrogen-bond donors (Lipinski definition) is 3. The summed E-state index contributed by atoms with van der Waals surface area (Å²) in [6, 6.07) is 13.3. The van der Waals surface area contributed by atoms with Crippen molar-refractivity contribution in [2.24, 2.45) is 0 Å². The molecular weight excluding hydrogens is 302 g/mol. The number of rotatable bonds is 5. The van der Waals surface area contributed by atoms with Crippen molar-refractivity contribution >= 4 is 28.6 Å². The molecule has 3 rings (SSSR count). The van der Waals surface area contributed by atoms with Crippen LogP contribution in [0.25, 0.3) is 11.0 Å². The van der Waals surface area contributed by atoms with Gasteiger partial charge in [-0.15, -0.1) is 0 Å². The molecule has 0 radical (unpaired) electrons. The summed E-state index contributed by atoms with van der Waals surface area (Å²) >= 11 is 0. The number of nitrogens with one attached hydrogen (secondary N) is 2. The number of hydrogen-bond acceptors (Lipinski definition) is 4. The Morgan fingerprint density at radius 2 is 1.96 bits per heavy atom. The van der Waals surface area contributed by atoms with Gasteiger partial charge in [0.2, 0.25) is 5.95 Å². The van der Waals surface area contributed by atoms with Gasteiger partial charge >= 0.3 is 0 Å². The van der Waals surface area contributed by atoms with Gasteiger partial charge < -0.3 is 20.9 Å². The highest BCUT2D eigenvalue weighted by atomic mass is 16.1. The Bertz CT molecular complexity index is 867. The maximum absolute atomic E-state index is 11.6. The van der Waals surface area contributed by atoms with Crippen molar-refractivity contribution in [3.05, 3.63) is 53.6 Å². The van der Waals surface area contributed by atoms with Gasteiger partial charge in [0.25, 0.3) is 5.91 Å². The summed E-state index contributed by atoms with van der Waals surface area (Å²) in [6.07, 6.45) is 0. The van der Waals surface area contributed by atoms with Gasteiger partial charge in [-0.25, -0.2) is 4.98 Å². The number of aryl methyl sites for hydroxylation is 1. The predicted molar refractivity (Wildman–Crippen MR) is 97.0 cm³/mol. The zero-order valence-electron chi connectivity index (χ0n) is 13.8. The summed E-state index contributed by atoms with van der Waals surface area (Å²) in [5, 5.41) is 5.98. The summed E-state index contributed by atoms with van der Waals surface area (Å²) < 4.78 is 2.12. The minimum Gasteiger partial charge on any atom is -0.399 e. The van der Waals surface area contributed by atoms with Crippen molar-refractivity contribution in [1.82, 2.24) is 14.9 Å². The number of amides is 1. The van der Waals surface area contributed by atoms with E-state index >= 15 is 0 Å². The van der Waals surface area contributed by atoms with Gasteiger partial charge in [-0.05, 0) is 42.8 Å². The molecule has 0 aliphatic carbocycles. The average Bonchev–Trinajstić information content (AvgIpc) is 2.96. The van der Waals surface area contributed by atoms with E-state index in [4.69, 9.17) is 5.73 Å². The molecule has 6 nitrogen and oxygen atoms in total. The molecule has 4 N–H and O–H groups in total. The molecule has 0 atom stereocenters. The third-order valence-corrected chi connectivity index (χ3v) is 3.98. The summed E-state index contributed by atoms with van der Waals surface area (Å²) in [6.45, 7) is 3.53. The molecule has 0 spiro atoms. The lowest BCUT2D eigenvalue weighted by Crippen LogP contribution is -2.17. The largest absolute Gasteiger partial charge is 0.399 e. The molecule has 0 bridgehead atoms. The van der Waals surface area contributed by atoms with E-state index in [0.717, 1.165) is 29.1 Å². The Hall–Kier alpha value is -3.02. The molecule has 0 aliphatic rings. The fourth-order valence-corrected chi connectivity index (χ4v) is 2.70. The summed E-state index contributed by atoms with van der Waals surface area (Å²) in [4.78, 5) is 16.2. The van der Waals surface area contributed by atoms with Crippen molar-refractivity contribution in [1.29, 1.82) is 0 Å². The Kier molecular flexibility index (Phi) is 4.37. The normalized spacial score (nSPS) is 10.8. The topological polar surface area (TPSA) is 85.0 Å². The molecule has 24 heavy (non-hydrogen) atoms. The van der Waals surface area contributed by atoms with Gasteiger partial charge in [0.15, 0.2) is 0 Å². The Labute approximate surface area is 140 Å². The molecule has 1 aromatic heterocycles. The highest BCUT2D eigenvalue weighted by molar-refractivity contribution is 5.93. The van der Waals surface area contributed by atoms with Crippen LogP contribution in [-0.2, 0) is 13.1 Å². The van der Waals surface area contributed by atoms with Crippen LogP contribution in [0, 0.1) is 0 Å². The smallest absolute Gasteiger partial charge is 0.251 e. The van der Waals surface area contributed by atoms with E-state index in [1.807, 2.05) is 42.5 Å². The van der Waals surface area contributed by atoms with Gasteiger partial charge in [0.1, 0.15) is 0 Å². The van der Waals surface area contributed by atoms with Crippen LogP contribution in [0.1, 0.15) is 22.8 Å². The van der Waals surface area contributed by atoms with Crippen LogP contribution in [0.5, 0.6) is 0 Å². The van der Waals surface area contributed by atoms with E-state index in [2.05, 4.69) is 27.1 Å². The fourth-order valence-electron chi connectivity index (χ4n) is 2.70. The second-order valence-corrected chi connectivity index (χ2v) is 5.56. The molecule has 0 saturated heterocycles. The van der Waals surface area contributed by atoms with Crippen LogP contribution in [-0.4, -0.2) is 22.5 Å². The van der Waals surface area contributed by atoms with Crippen molar-refractivity contribution in [3.8, 4) is 0 Å². The first-order valence-electron chi connectivity index (χ1n) is 7.93. The maximum atomic E-state index is 11.6. The molecule has 2 aromatic carbocycles. The molecule has 3 aromatic rings. The number of nitrogens with two attached hydrogens (primary N) is 1. The molecule has 6 heteroatoms. The highest BCUT2D eigenvalue weighted by Crippen LogP contribution is 2.22. The van der Waals surface area contributed by atoms with Crippen molar-refractivity contribution in [2.75, 3.05) is 18.1 Å². The lowest BCUT2D eigenvalue weighted by atomic mass is 10.1. The summed E-state index contributed by atoms with van der Waals surface area (Å²) in [5.41, 5.74) is 10.2. The first kappa shape index (κ1) is 15.9. The van der Waals surface area contributed by atoms with Crippen LogP contribution in [0.15, 0.2) is 42.5 Å². The van der Waals surface area contributed by atoms with Crippen LogP contribution in [0.2, 0.25) is 0 Å². The average molecular weight is 323 g/mol. The lowest BCUT2D eigenvalue weighted by molar-refractivity contribution is 0.0963. The maximum Gasteiger partial charge on any atom is 0.251 e. The summed E-state index contributed by atoms with van der Waals surface area (Å²) in [7, 11) is 1.62. The molecule has 0 aliphatic heterocycles. The first-order chi connectivity index (χ1) is 11.6. The lowest BCUT2D eigenvalue weighted by Gasteiger charge is -2.09. The second-order valence-electron chi connectivity index (χ2n) is 5.56.